The Balaban J connectivity index is 2.31. The topological polar surface area (TPSA) is 70.6 Å². The Hall–Kier alpha value is -1.82. The van der Waals surface area contributed by atoms with Crippen LogP contribution in [-0.4, -0.2) is 36.4 Å². The lowest BCUT2D eigenvalue weighted by molar-refractivity contribution is 0.194. The molecule has 0 saturated heterocycles. The van der Waals surface area contributed by atoms with Gasteiger partial charge in [-0.2, -0.15) is 0 Å². The highest BCUT2D eigenvalue weighted by atomic mass is 19.1. The molecule has 124 valence electrons. The number of rotatable bonds is 8. The molecule has 1 aromatic carbocycles. The number of amides is 2. The number of carbonyl (C=O) groups excluding carboxylic acids is 1. The van der Waals surface area contributed by atoms with Crippen molar-refractivity contribution >= 4 is 6.03 Å². The van der Waals surface area contributed by atoms with Crippen LogP contribution < -0.4 is 15.4 Å². The van der Waals surface area contributed by atoms with Crippen molar-refractivity contribution in [1.29, 1.82) is 0 Å². The molecule has 0 radical (unpaired) electrons. The summed E-state index contributed by atoms with van der Waals surface area (Å²) in [6.45, 7) is 6.08. The van der Waals surface area contributed by atoms with Crippen molar-refractivity contribution in [1.82, 2.24) is 10.6 Å². The van der Waals surface area contributed by atoms with Gasteiger partial charge in [0.15, 0.2) is 0 Å². The fourth-order valence-electron chi connectivity index (χ4n) is 2.01. The SMILES string of the molecule is CC(C)CC(CO)NC(=O)NCC(C)Oc1ccc(F)cc1. The fourth-order valence-corrected chi connectivity index (χ4v) is 2.01. The highest BCUT2D eigenvalue weighted by Gasteiger charge is 2.13. The van der Waals surface area contributed by atoms with Crippen molar-refractivity contribution in [2.24, 2.45) is 5.92 Å². The summed E-state index contributed by atoms with van der Waals surface area (Å²) in [6.07, 6.45) is 0.458. The highest BCUT2D eigenvalue weighted by Crippen LogP contribution is 2.12. The number of halogens is 1. The van der Waals surface area contributed by atoms with E-state index in [1.165, 1.54) is 24.3 Å². The summed E-state index contributed by atoms with van der Waals surface area (Å²) in [4.78, 5) is 11.8. The van der Waals surface area contributed by atoms with Gasteiger partial charge in [0.05, 0.1) is 19.2 Å². The minimum atomic E-state index is -0.339. The van der Waals surface area contributed by atoms with E-state index in [1.807, 2.05) is 13.8 Å². The summed E-state index contributed by atoms with van der Waals surface area (Å²) >= 11 is 0. The first kappa shape index (κ1) is 18.2. The van der Waals surface area contributed by atoms with Gasteiger partial charge in [0, 0.05) is 0 Å². The number of carbonyl (C=O) groups is 1. The van der Waals surface area contributed by atoms with Crippen molar-refractivity contribution < 1.29 is 19.0 Å². The first-order chi connectivity index (χ1) is 10.4. The summed E-state index contributed by atoms with van der Waals surface area (Å²) in [6, 6.07) is 5.12. The molecule has 2 atom stereocenters. The van der Waals surface area contributed by atoms with Crippen LogP contribution >= 0.6 is 0 Å². The van der Waals surface area contributed by atoms with Crippen LogP contribution in [0.3, 0.4) is 0 Å². The number of aliphatic hydroxyl groups excluding tert-OH is 1. The van der Waals surface area contributed by atoms with Crippen LogP contribution in [0.25, 0.3) is 0 Å². The van der Waals surface area contributed by atoms with E-state index >= 15 is 0 Å². The van der Waals surface area contributed by atoms with Crippen LogP contribution in [0, 0.1) is 11.7 Å². The number of ether oxygens (including phenoxy) is 1. The molecule has 5 nitrogen and oxygen atoms in total. The third-order valence-electron chi connectivity index (χ3n) is 3.01. The lowest BCUT2D eigenvalue weighted by Crippen LogP contribution is -2.46. The van der Waals surface area contributed by atoms with Crippen molar-refractivity contribution in [3.05, 3.63) is 30.1 Å². The van der Waals surface area contributed by atoms with Gasteiger partial charge in [-0.1, -0.05) is 13.8 Å². The zero-order chi connectivity index (χ0) is 16.5. The predicted molar refractivity (Wildman–Crippen MR) is 83.4 cm³/mol. The number of urea groups is 1. The maximum atomic E-state index is 12.8. The molecule has 2 unspecified atom stereocenters. The first-order valence-electron chi connectivity index (χ1n) is 7.48. The zero-order valence-electron chi connectivity index (χ0n) is 13.3. The standard InChI is InChI=1S/C16H25FN2O3/c1-11(2)8-14(10-20)19-16(21)18-9-12(3)22-15-6-4-13(17)5-7-15/h4-7,11-12,14,20H,8-10H2,1-3H3,(H2,18,19,21). The smallest absolute Gasteiger partial charge is 0.315 e. The lowest BCUT2D eigenvalue weighted by atomic mass is 10.0. The Morgan fingerprint density at radius 3 is 2.45 bits per heavy atom. The molecule has 0 aliphatic heterocycles. The molecule has 0 saturated carbocycles. The summed E-state index contributed by atoms with van der Waals surface area (Å²) in [5.74, 6) is 0.611. The van der Waals surface area contributed by atoms with E-state index in [0.29, 0.717) is 24.6 Å². The van der Waals surface area contributed by atoms with Gasteiger partial charge >= 0.3 is 6.03 Å². The van der Waals surface area contributed by atoms with E-state index in [2.05, 4.69) is 10.6 Å². The Labute approximate surface area is 130 Å². The summed E-state index contributed by atoms with van der Waals surface area (Å²) in [7, 11) is 0. The van der Waals surface area contributed by atoms with Crippen LogP contribution in [0.15, 0.2) is 24.3 Å². The molecular weight excluding hydrogens is 287 g/mol. The summed E-state index contributed by atoms with van der Waals surface area (Å²) < 4.78 is 18.3. The van der Waals surface area contributed by atoms with Gasteiger partial charge in [-0.25, -0.2) is 9.18 Å². The average Bonchev–Trinajstić information content (AvgIpc) is 2.46. The number of nitrogens with one attached hydrogen (secondary N) is 2. The van der Waals surface area contributed by atoms with Crippen LogP contribution in [-0.2, 0) is 0 Å². The lowest BCUT2D eigenvalue weighted by Gasteiger charge is -2.20. The molecule has 22 heavy (non-hydrogen) atoms. The number of aliphatic hydroxyl groups is 1. The third-order valence-corrected chi connectivity index (χ3v) is 3.01. The molecular formula is C16H25FN2O3. The molecule has 1 rings (SSSR count). The molecule has 0 spiro atoms. The Bertz CT molecular complexity index is 451. The zero-order valence-corrected chi connectivity index (χ0v) is 13.3. The van der Waals surface area contributed by atoms with E-state index in [0.717, 1.165) is 0 Å². The largest absolute Gasteiger partial charge is 0.489 e. The van der Waals surface area contributed by atoms with Gasteiger partial charge in [0.25, 0.3) is 0 Å². The predicted octanol–water partition coefficient (Wildman–Crippen LogP) is 2.30. The van der Waals surface area contributed by atoms with Gasteiger partial charge < -0.3 is 20.5 Å². The minimum Gasteiger partial charge on any atom is -0.489 e. The number of hydrogen-bond donors (Lipinski definition) is 3. The monoisotopic (exact) mass is 312 g/mol. The molecule has 0 fully saturated rings. The Morgan fingerprint density at radius 2 is 1.91 bits per heavy atom. The molecule has 0 heterocycles. The van der Waals surface area contributed by atoms with E-state index in [9.17, 15) is 14.3 Å². The molecule has 0 aromatic heterocycles. The molecule has 0 aliphatic rings. The van der Waals surface area contributed by atoms with E-state index < -0.39 is 0 Å². The van der Waals surface area contributed by atoms with Crippen LogP contribution in [0.2, 0.25) is 0 Å². The van der Waals surface area contributed by atoms with Crippen LogP contribution in [0.5, 0.6) is 5.75 Å². The van der Waals surface area contributed by atoms with Gasteiger partial charge in [0.1, 0.15) is 17.7 Å². The van der Waals surface area contributed by atoms with Crippen molar-refractivity contribution in [2.45, 2.75) is 39.3 Å². The van der Waals surface area contributed by atoms with Crippen molar-refractivity contribution in [3.8, 4) is 5.75 Å². The van der Waals surface area contributed by atoms with Gasteiger partial charge in [-0.05, 0) is 43.5 Å². The van der Waals surface area contributed by atoms with Crippen LogP contribution in [0.1, 0.15) is 27.2 Å². The van der Waals surface area contributed by atoms with Gasteiger partial charge in [0.2, 0.25) is 0 Å². The number of hydrogen-bond acceptors (Lipinski definition) is 3. The normalized spacial score (nSPS) is 13.5. The fraction of sp³-hybridized carbons (Fsp3) is 0.562. The van der Waals surface area contributed by atoms with Gasteiger partial charge in [-0.3, -0.25) is 0 Å². The third kappa shape index (κ3) is 7.26. The second-order valence-electron chi connectivity index (χ2n) is 5.75. The van der Waals surface area contributed by atoms with E-state index in [4.69, 9.17) is 4.74 Å². The van der Waals surface area contributed by atoms with Gasteiger partial charge in [-0.15, -0.1) is 0 Å². The molecule has 0 aliphatic carbocycles. The Kier molecular flexibility index (Phi) is 7.66. The van der Waals surface area contributed by atoms with Crippen molar-refractivity contribution in [2.75, 3.05) is 13.2 Å². The van der Waals surface area contributed by atoms with E-state index in [1.54, 1.807) is 6.92 Å². The van der Waals surface area contributed by atoms with E-state index in [-0.39, 0.29) is 30.6 Å². The summed E-state index contributed by atoms with van der Waals surface area (Å²) in [5, 5.41) is 14.6. The highest BCUT2D eigenvalue weighted by molar-refractivity contribution is 5.74. The second kappa shape index (κ2) is 9.25. The summed E-state index contributed by atoms with van der Waals surface area (Å²) in [5.41, 5.74) is 0. The van der Waals surface area contributed by atoms with Crippen molar-refractivity contribution in [3.63, 3.8) is 0 Å². The quantitative estimate of drug-likeness (QED) is 0.690. The Morgan fingerprint density at radius 1 is 1.27 bits per heavy atom. The molecule has 2 amide bonds. The maximum Gasteiger partial charge on any atom is 0.315 e. The molecule has 3 N–H and O–H groups in total. The molecule has 0 bridgehead atoms. The molecule has 1 aromatic rings. The molecule has 6 heteroatoms. The average molecular weight is 312 g/mol. The second-order valence-corrected chi connectivity index (χ2v) is 5.75. The number of benzene rings is 1. The minimum absolute atomic E-state index is 0.0900. The van der Waals surface area contributed by atoms with Crippen LogP contribution in [0.4, 0.5) is 9.18 Å². The first-order valence-corrected chi connectivity index (χ1v) is 7.48. The maximum absolute atomic E-state index is 12.8.